The number of hydrogen-bond donors (Lipinski definition) is 2. The van der Waals surface area contributed by atoms with Gasteiger partial charge < -0.3 is 15.2 Å². The van der Waals surface area contributed by atoms with Crippen LogP contribution < -0.4 is 10.1 Å². The van der Waals surface area contributed by atoms with Gasteiger partial charge in [0.15, 0.2) is 0 Å². The fourth-order valence-corrected chi connectivity index (χ4v) is 3.70. The molecule has 2 bridgehead atoms. The van der Waals surface area contributed by atoms with Crippen LogP contribution in [0.4, 0.5) is 0 Å². The summed E-state index contributed by atoms with van der Waals surface area (Å²) in [6.45, 7) is 0.653. The third-order valence-electron chi connectivity index (χ3n) is 4.81. The molecule has 0 spiro atoms. The molecule has 4 atom stereocenters. The first-order valence-corrected chi connectivity index (χ1v) is 7.31. The van der Waals surface area contributed by atoms with Crippen LogP contribution in [0.25, 0.3) is 0 Å². The molecular weight excluding hydrogens is 238 g/mol. The summed E-state index contributed by atoms with van der Waals surface area (Å²) in [4.78, 5) is 0. The van der Waals surface area contributed by atoms with Gasteiger partial charge in [-0.15, -0.1) is 0 Å². The Labute approximate surface area is 115 Å². The van der Waals surface area contributed by atoms with Gasteiger partial charge in [0, 0.05) is 12.6 Å². The highest BCUT2D eigenvalue weighted by molar-refractivity contribution is 5.28. The summed E-state index contributed by atoms with van der Waals surface area (Å²) in [5.41, 5.74) is 0.955. The van der Waals surface area contributed by atoms with E-state index in [4.69, 9.17) is 4.74 Å². The van der Waals surface area contributed by atoms with Crippen molar-refractivity contribution in [2.24, 2.45) is 11.8 Å². The molecule has 0 aromatic heterocycles. The zero-order valence-electron chi connectivity index (χ0n) is 11.5. The van der Waals surface area contributed by atoms with Gasteiger partial charge in [-0.25, -0.2) is 0 Å². The molecule has 0 radical (unpaired) electrons. The standard InChI is InChI=1S/C16H23NO2/c1-19-14-6-4-12(5-7-14)16(18)10-17-15-9-11-2-3-13(15)8-11/h4-7,11,13,15-18H,2-3,8-10H2,1H3/t11-,13-,15-,16-/m0/s1. The fourth-order valence-electron chi connectivity index (χ4n) is 3.70. The summed E-state index contributed by atoms with van der Waals surface area (Å²) < 4.78 is 5.13. The number of benzene rings is 1. The number of methoxy groups -OCH3 is 1. The van der Waals surface area contributed by atoms with Crippen LogP contribution in [0.3, 0.4) is 0 Å². The van der Waals surface area contributed by atoms with E-state index in [2.05, 4.69) is 5.32 Å². The molecule has 2 aliphatic carbocycles. The third kappa shape index (κ3) is 2.77. The quantitative estimate of drug-likeness (QED) is 0.855. The zero-order valence-corrected chi connectivity index (χ0v) is 11.5. The van der Waals surface area contributed by atoms with Gasteiger partial charge in [-0.05, 0) is 48.8 Å². The molecular formula is C16H23NO2. The Balaban J connectivity index is 1.51. The van der Waals surface area contributed by atoms with Crippen LogP contribution in [0.5, 0.6) is 5.75 Å². The van der Waals surface area contributed by atoms with Gasteiger partial charge in [0.05, 0.1) is 13.2 Å². The predicted octanol–water partition coefficient (Wildman–Crippen LogP) is 2.51. The zero-order chi connectivity index (χ0) is 13.2. The summed E-state index contributed by atoms with van der Waals surface area (Å²) >= 11 is 0. The lowest BCUT2D eigenvalue weighted by Crippen LogP contribution is -2.36. The summed E-state index contributed by atoms with van der Waals surface area (Å²) in [6, 6.07) is 8.30. The SMILES string of the molecule is COc1ccc([C@@H](O)CN[C@H]2C[C@H]3CC[C@H]2C3)cc1. The van der Waals surface area contributed by atoms with Crippen molar-refractivity contribution in [3.63, 3.8) is 0 Å². The molecule has 0 saturated heterocycles. The van der Waals surface area contributed by atoms with E-state index in [9.17, 15) is 5.11 Å². The molecule has 3 rings (SSSR count). The van der Waals surface area contributed by atoms with Crippen molar-refractivity contribution in [3.8, 4) is 5.75 Å². The van der Waals surface area contributed by atoms with E-state index in [1.54, 1.807) is 7.11 Å². The number of fused-ring (bicyclic) bond motifs is 2. The summed E-state index contributed by atoms with van der Waals surface area (Å²) in [5.74, 6) is 2.63. The van der Waals surface area contributed by atoms with E-state index >= 15 is 0 Å². The molecule has 1 aromatic rings. The summed E-state index contributed by atoms with van der Waals surface area (Å²) in [6.07, 6.45) is 5.08. The molecule has 3 heteroatoms. The number of ether oxygens (including phenoxy) is 1. The van der Waals surface area contributed by atoms with Gasteiger partial charge in [-0.2, -0.15) is 0 Å². The molecule has 1 aromatic carbocycles. The molecule has 0 aliphatic heterocycles. The van der Waals surface area contributed by atoms with E-state index in [1.165, 1.54) is 25.7 Å². The second-order valence-corrected chi connectivity index (χ2v) is 5.98. The lowest BCUT2D eigenvalue weighted by atomic mass is 9.95. The van der Waals surface area contributed by atoms with E-state index in [-0.39, 0.29) is 0 Å². The fraction of sp³-hybridized carbons (Fsp3) is 0.625. The Morgan fingerprint density at radius 1 is 1.26 bits per heavy atom. The maximum absolute atomic E-state index is 10.2. The van der Waals surface area contributed by atoms with Crippen molar-refractivity contribution < 1.29 is 9.84 Å². The minimum atomic E-state index is -0.426. The van der Waals surface area contributed by atoms with Crippen LogP contribution in [-0.4, -0.2) is 24.8 Å². The van der Waals surface area contributed by atoms with E-state index in [0.717, 1.165) is 23.1 Å². The molecule has 0 unspecified atom stereocenters. The predicted molar refractivity (Wildman–Crippen MR) is 75.2 cm³/mol. The van der Waals surface area contributed by atoms with Crippen molar-refractivity contribution >= 4 is 0 Å². The topological polar surface area (TPSA) is 41.5 Å². The van der Waals surface area contributed by atoms with Crippen molar-refractivity contribution in [2.75, 3.05) is 13.7 Å². The summed E-state index contributed by atoms with van der Waals surface area (Å²) in [5, 5.41) is 13.8. The Bertz CT molecular complexity index is 417. The second-order valence-electron chi connectivity index (χ2n) is 5.98. The van der Waals surface area contributed by atoms with Crippen molar-refractivity contribution in [1.82, 2.24) is 5.32 Å². The van der Waals surface area contributed by atoms with Crippen molar-refractivity contribution in [3.05, 3.63) is 29.8 Å². The first-order valence-electron chi connectivity index (χ1n) is 7.31. The summed E-state index contributed by atoms with van der Waals surface area (Å²) in [7, 11) is 1.65. The highest BCUT2D eigenvalue weighted by Gasteiger charge is 2.39. The van der Waals surface area contributed by atoms with Gasteiger partial charge in [-0.1, -0.05) is 18.6 Å². The van der Waals surface area contributed by atoms with Crippen LogP contribution in [-0.2, 0) is 0 Å². The van der Waals surface area contributed by atoms with Gasteiger partial charge in [0.1, 0.15) is 5.75 Å². The van der Waals surface area contributed by atoms with Crippen LogP contribution in [0.2, 0.25) is 0 Å². The first-order chi connectivity index (χ1) is 9.26. The van der Waals surface area contributed by atoms with Crippen LogP contribution in [0.15, 0.2) is 24.3 Å². The number of rotatable bonds is 5. The molecule has 0 amide bonds. The van der Waals surface area contributed by atoms with Gasteiger partial charge in [-0.3, -0.25) is 0 Å². The maximum Gasteiger partial charge on any atom is 0.118 e. The van der Waals surface area contributed by atoms with Crippen LogP contribution in [0.1, 0.15) is 37.4 Å². The monoisotopic (exact) mass is 261 g/mol. The smallest absolute Gasteiger partial charge is 0.118 e. The maximum atomic E-state index is 10.2. The van der Waals surface area contributed by atoms with Gasteiger partial charge in [0.25, 0.3) is 0 Å². The highest BCUT2D eigenvalue weighted by atomic mass is 16.5. The molecule has 0 heterocycles. The third-order valence-corrected chi connectivity index (χ3v) is 4.81. The van der Waals surface area contributed by atoms with Crippen LogP contribution >= 0.6 is 0 Å². The van der Waals surface area contributed by atoms with Crippen LogP contribution in [0, 0.1) is 11.8 Å². The lowest BCUT2D eigenvalue weighted by Gasteiger charge is -2.24. The average molecular weight is 261 g/mol. The molecule has 2 fully saturated rings. The normalized spacial score (nSPS) is 30.5. The first kappa shape index (κ1) is 12.9. The Hall–Kier alpha value is -1.06. The molecule has 104 valence electrons. The minimum absolute atomic E-state index is 0.426. The molecule has 2 saturated carbocycles. The second kappa shape index (κ2) is 5.51. The number of nitrogens with one attached hydrogen (secondary N) is 1. The lowest BCUT2D eigenvalue weighted by molar-refractivity contribution is 0.163. The van der Waals surface area contributed by atoms with E-state index in [0.29, 0.717) is 12.6 Å². The van der Waals surface area contributed by atoms with Crippen molar-refractivity contribution in [2.45, 2.75) is 37.8 Å². The number of aliphatic hydroxyl groups excluding tert-OH is 1. The Kier molecular flexibility index (Phi) is 3.76. The highest BCUT2D eigenvalue weighted by Crippen LogP contribution is 2.44. The molecule has 19 heavy (non-hydrogen) atoms. The van der Waals surface area contributed by atoms with Gasteiger partial charge >= 0.3 is 0 Å². The molecule has 2 aliphatic rings. The van der Waals surface area contributed by atoms with E-state index < -0.39 is 6.10 Å². The minimum Gasteiger partial charge on any atom is -0.497 e. The molecule has 3 nitrogen and oxygen atoms in total. The molecule has 2 N–H and O–H groups in total. The largest absolute Gasteiger partial charge is 0.497 e. The average Bonchev–Trinajstić information content (AvgIpc) is 3.07. The van der Waals surface area contributed by atoms with E-state index in [1.807, 2.05) is 24.3 Å². The van der Waals surface area contributed by atoms with Crippen molar-refractivity contribution in [1.29, 1.82) is 0 Å². The number of hydrogen-bond acceptors (Lipinski definition) is 3. The Morgan fingerprint density at radius 3 is 2.63 bits per heavy atom. The Morgan fingerprint density at radius 2 is 2.05 bits per heavy atom. The van der Waals surface area contributed by atoms with Gasteiger partial charge in [0.2, 0.25) is 0 Å². The number of aliphatic hydroxyl groups is 1.